The van der Waals surface area contributed by atoms with Crippen molar-refractivity contribution in [2.24, 2.45) is 0 Å². The predicted octanol–water partition coefficient (Wildman–Crippen LogP) is 4.09. The number of nitrogens with two attached hydrogens (primary N) is 1. The smallest absolute Gasteiger partial charge is 0.0409 e. The third kappa shape index (κ3) is 3.39. The fraction of sp³-hybridized carbons (Fsp3) is 0.333. The standard InChI is InChI=1S/C18H21ClN2/c1-21(12-14-3-2-4-16(19)11-14)13-18(9-10-18)15-5-7-17(20)8-6-15/h2-8,11H,9-10,12-13,20H2,1H3. The van der Waals surface area contributed by atoms with Gasteiger partial charge in [-0.2, -0.15) is 0 Å². The molecule has 1 aliphatic carbocycles. The molecule has 1 fully saturated rings. The number of hydrogen-bond donors (Lipinski definition) is 1. The van der Waals surface area contributed by atoms with Crippen molar-refractivity contribution in [2.75, 3.05) is 19.3 Å². The summed E-state index contributed by atoms with van der Waals surface area (Å²) in [5, 5.41) is 0.806. The van der Waals surface area contributed by atoms with Crippen LogP contribution in [0.1, 0.15) is 24.0 Å². The maximum absolute atomic E-state index is 6.05. The van der Waals surface area contributed by atoms with Crippen molar-refractivity contribution >= 4 is 17.3 Å². The summed E-state index contributed by atoms with van der Waals surface area (Å²) in [4.78, 5) is 2.38. The van der Waals surface area contributed by atoms with E-state index >= 15 is 0 Å². The van der Waals surface area contributed by atoms with Crippen LogP contribution in [0.25, 0.3) is 0 Å². The molecule has 2 aromatic rings. The van der Waals surface area contributed by atoms with E-state index in [4.69, 9.17) is 17.3 Å². The van der Waals surface area contributed by atoms with Gasteiger partial charge in [-0.05, 0) is 55.3 Å². The fourth-order valence-corrected chi connectivity index (χ4v) is 3.26. The van der Waals surface area contributed by atoms with Crippen molar-refractivity contribution in [1.82, 2.24) is 4.90 Å². The molecule has 2 nitrogen and oxygen atoms in total. The Morgan fingerprint density at radius 1 is 1.14 bits per heavy atom. The van der Waals surface area contributed by atoms with Gasteiger partial charge in [0.15, 0.2) is 0 Å². The highest BCUT2D eigenvalue weighted by Crippen LogP contribution is 2.48. The molecule has 110 valence electrons. The summed E-state index contributed by atoms with van der Waals surface area (Å²) in [7, 11) is 2.18. The summed E-state index contributed by atoms with van der Waals surface area (Å²) in [5.74, 6) is 0. The molecule has 3 rings (SSSR count). The second-order valence-electron chi connectivity index (χ2n) is 6.20. The number of benzene rings is 2. The molecule has 21 heavy (non-hydrogen) atoms. The van der Waals surface area contributed by atoms with E-state index in [1.807, 2.05) is 30.3 Å². The molecule has 0 aromatic heterocycles. The molecule has 3 heteroatoms. The van der Waals surface area contributed by atoms with Gasteiger partial charge >= 0.3 is 0 Å². The Labute approximate surface area is 131 Å². The summed E-state index contributed by atoms with van der Waals surface area (Å²) < 4.78 is 0. The number of likely N-dealkylation sites (N-methyl/N-ethyl adjacent to an activating group) is 1. The van der Waals surface area contributed by atoms with E-state index in [9.17, 15) is 0 Å². The van der Waals surface area contributed by atoms with Crippen LogP contribution in [0.5, 0.6) is 0 Å². The third-order valence-electron chi connectivity index (χ3n) is 4.29. The van der Waals surface area contributed by atoms with E-state index in [1.54, 1.807) is 0 Å². The van der Waals surface area contributed by atoms with Crippen molar-refractivity contribution < 1.29 is 0 Å². The third-order valence-corrected chi connectivity index (χ3v) is 4.53. The number of nitrogens with zero attached hydrogens (tertiary/aromatic N) is 1. The Balaban J connectivity index is 1.67. The quantitative estimate of drug-likeness (QED) is 0.843. The highest BCUT2D eigenvalue weighted by atomic mass is 35.5. The lowest BCUT2D eigenvalue weighted by atomic mass is 9.95. The topological polar surface area (TPSA) is 29.3 Å². The number of hydrogen-bond acceptors (Lipinski definition) is 2. The second kappa shape index (κ2) is 5.70. The van der Waals surface area contributed by atoms with Crippen LogP contribution in [-0.2, 0) is 12.0 Å². The minimum atomic E-state index is 0.320. The first-order chi connectivity index (χ1) is 10.1. The molecule has 0 spiro atoms. The summed E-state index contributed by atoms with van der Waals surface area (Å²) in [6.45, 7) is 2.00. The minimum Gasteiger partial charge on any atom is -0.399 e. The number of rotatable bonds is 5. The Kier molecular flexibility index (Phi) is 3.92. The van der Waals surface area contributed by atoms with Crippen molar-refractivity contribution in [3.05, 3.63) is 64.7 Å². The molecular formula is C18H21ClN2. The predicted molar refractivity (Wildman–Crippen MR) is 89.6 cm³/mol. The normalized spacial score (nSPS) is 16.1. The van der Waals surface area contributed by atoms with Crippen LogP contribution in [0.4, 0.5) is 5.69 Å². The first kappa shape index (κ1) is 14.4. The Morgan fingerprint density at radius 2 is 1.86 bits per heavy atom. The molecule has 0 radical (unpaired) electrons. The molecule has 0 unspecified atom stereocenters. The van der Waals surface area contributed by atoms with E-state index in [1.165, 1.54) is 24.0 Å². The van der Waals surface area contributed by atoms with Crippen LogP contribution < -0.4 is 5.73 Å². The van der Waals surface area contributed by atoms with Gasteiger partial charge < -0.3 is 10.6 Å². The Bertz CT molecular complexity index is 617. The van der Waals surface area contributed by atoms with Crippen LogP contribution in [0, 0.1) is 0 Å². The Hall–Kier alpha value is -1.51. The van der Waals surface area contributed by atoms with Crippen LogP contribution in [-0.4, -0.2) is 18.5 Å². The fourth-order valence-electron chi connectivity index (χ4n) is 3.05. The van der Waals surface area contributed by atoms with Gasteiger partial charge in [0.1, 0.15) is 0 Å². The van der Waals surface area contributed by atoms with E-state index in [2.05, 4.69) is 30.1 Å². The SMILES string of the molecule is CN(Cc1cccc(Cl)c1)CC1(c2ccc(N)cc2)CC1. The molecule has 1 saturated carbocycles. The van der Waals surface area contributed by atoms with Crippen molar-refractivity contribution in [3.8, 4) is 0 Å². The maximum atomic E-state index is 6.05. The van der Waals surface area contributed by atoms with Crippen molar-refractivity contribution in [1.29, 1.82) is 0 Å². The van der Waals surface area contributed by atoms with Crippen molar-refractivity contribution in [3.63, 3.8) is 0 Å². The van der Waals surface area contributed by atoms with E-state index in [0.717, 1.165) is 23.8 Å². The highest BCUT2D eigenvalue weighted by molar-refractivity contribution is 6.30. The summed E-state index contributed by atoms with van der Waals surface area (Å²) in [5.41, 5.74) is 9.61. The average molecular weight is 301 g/mol. The van der Waals surface area contributed by atoms with E-state index < -0.39 is 0 Å². The number of anilines is 1. The van der Waals surface area contributed by atoms with Gasteiger partial charge in [0.2, 0.25) is 0 Å². The summed E-state index contributed by atoms with van der Waals surface area (Å²) in [6, 6.07) is 16.5. The van der Waals surface area contributed by atoms with Crippen molar-refractivity contribution in [2.45, 2.75) is 24.8 Å². The van der Waals surface area contributed by atoms with Gasteiger partial charge in [-0.1, -0.05) is 35.9 Å². The van der Waals surface area contributed by atoms with E-state index in [0.29, 0.717) is 5.41 Å². The summed E-state index contributed by atoms with van der Waals surface area (Å²) >= 11 is 6.05. The second-order valence-corrected chi connectivity index (χ2v) is 6.64. The van der Waals surface area contributed by atoms with Gasteiger partial charge in [-0.25, -0.2) is 0 Å². The van der Waals surface area contributed by atoms with Crippen LogP contribution in [0.3, 0.4) is 0 Å². The molecule has 0 atom stereocenters. The van der Waals surface area contributed by atoms with Gasteiger partial charge in [0.25, 0.3) is 0 Å². The zero-order valence-corrected chi connectivity index (χ0v) is 13.1. The maximum Gasteiger partial charge on any atom is 0.0409 e. The largest absolute Gasteiger partial charge is 0.399 e. The zero-order chi connectivity index (χ0) is 14.9. The molecule has 2 aromatic carbocycles. The first-order valence-corrected chi connectivity index (χ1v) is 7.74. The monoisotopic (exact) mass is 300 g/mol. The number of nitrogen functional groups attached to an aromatic ring is 1. The molecule has 0 amide bonds. The highest BCUT2D eigenvalue weighted by Gasteiger charge is 2.44. The lowest BCUT2D eigenvalue weighted by Gasteiger charge is -2.24. The molecule has 0 aliphatic heterocycles. The first-order valence-electron chi connectivity index (χ1n) is 7.36. The molecule has 0 bridgehead atoms. The molecule has 0 heterocycles. The zero-order valence-electron chi connectivity index (χ0n) is 12.3. The van der Waals surface area contributed by atoms with Gasteiger partial charge in [0, 0.05) is 29.2 Å². The molecule has 1 aliphatic rings. The van der Waals surface area contributed by atoms with Gasteiger partial charge in [0.05, 0.1) is 0 Å². The van der Waals surface area contributed by atoms with Crippen LogP contribution >= 0.6 is 11.6 Å². The lowest BCUT2D eigenvalue weighted by molar-refractivity contribution is 0.294. The Morgan fingerprint density at radius 3 is 2.48 bits per heavy atom. The minimum absolute atomic E-state index is 0.320. The molecular weight excluding hydrogens is 280 g/mol. The number of halogens is 1. The average Bonchev–Trinajstić information content (AvgIpc) is 3.20. The van der Waals surface area contributed by atoms with Crippen LogP contribution in [0.2, 0.25) is 5.02 Å². The summed E-state index contributed by atoms with van der Waals surface area (Å²) in [6.07, 6.45) is 2.52. The van der Waals surface area contributed by atoms with Crippen LogP contribution in [0.15, 0.2) is 48.5 Å². The lowest BCUT2D eigenvalue weighted by Crippen LogP contribution is -2.28. The molecule has 2 N–H and O–H groups in total. The van der Waals surface area contributed by atoms with Gasteiger partial charge in [-0.3, -0.25) is 0 Å². The molecule has 0 saturated heterocycles. The van der Waals surface area contributed by atoms with E-state index in [-0.39, 0.29) is 0 Å². The van der Waals surface area contributed by atoms with Gasteiger partial charge in [-0.15, -0.1) is 0 Å².